The number of aromatic nitrogens is 1. The highest BCUT2D eigenvalue weighted by Gasteiger charge is 2.30. The zero-order chi connectivity index (χ0) is 21.7. The van der Waals surface area contributed by atoms with Crippen LogP contribution in [0.3, 0.4) is 0 Å². The van der Waals surface area contributed by atoms with Crippen LogP contribution in [0, 0.1) is 6.92 Å². The Hall–Kier alpha value is -2.30. The molecule has 3 rings (SSSR count). The van der Waals surface area contributed by atoms with Crippen molar-refractivity contribution in [3.05, 3.63) is 40.9 Å². The van der Waals surface area contributed by atoms with Crippen molar-refractivity contribution in [1.82, 2.24) is 14.2 Å². The molecule has 2 heterocycles. The summed E-state index contributed by atoms with van der Waals surface area (Å²) in [5, 5.41) is 3.31. The van der Waals surface area contributed by atoms with E-state index < -0.39 is 10.0 Å². The maximum atomic E-state index is 12.7. The fourth-order valence-electron chi connectivity index (χ4n) is 3.29. The molecule has 0 unspecified atom stereocenters. The molecule has 10 heteroatoms. The van der Waals surface area contributed by atoms with Gasteiger partial charge in [0.05, 0.1) is 10.6 Å². The molecule has 0 spiro atoms. The van der Waals surface area contributed by atoms with E-state index in [1.54, 1.807) is 35.2 Å². The molecule has 8 nitrogen and oxygen atoms in total. The average Bonchev–Trinajstić information content (AvgIpc) is 3.11. The maximum absolute atomic E-state index is 12.7. The predicted molar refractivity (Wildman–Crippen MR) is 116 cm³/mol. The van der Waals surface area contributed by atoms with Gasteiger partial charge in [-0.25, -0.2) is 13.4 Å². The smallest absolute Gasteiger partial charge is 0.243 e. The van der Waals surface area contributed by atoms with Crippen molar-refractivity contribution in [2.24, 2.45) is 0 Å². The molecule has 0 aliphatic carbocycles. The van der Waals surface area contributed by atoms with Crippen LogP contribution >= 0.6 is 11.3 Å². The number of carbonyl (C=O) groups is 2. The summed E-state index contributed by atoms with van der Waals surface area (Å²) in [5.74, 6) is -0.392. The fourth-order valence-corrected chi connectivity index (χ4v) is 5.65. The zero-order valence-electron chi connectivity index (χ0n) is 17.1. The molecule has 0 saturated carbocycles. The Morgan fingerprint density at radius 2 is 1.77 bits per heavy atom. The Morgan fingerprint density at radius 3 is 2.37 bits per heavy atom. The molecule has 1 fully saturated rings. The van der Waals surface area contributed by atoms with E-state index in [9.17, 15) is 18.0 Å². The zero-order valence-corrected chi connectivity index (χ0v) is 18.8. The standard InChI is InChI=1S/C20H26N4O4S2/c1-3-17-15(2)29-20(21-17)22-18(25)9-10-19(26)23-11-13-24(14-12-23)30(27,28)16-7-5-4-6-8-16/h4-8H,3,9-14H2,1-2H3,(H,21,22,25). The molecule has 0 atom stereocenters. The first-order valence-corrected chi connectivity index (χ1v) is 12.2. The summed E-state index contributed by atoms with van der Waals surface area (Å²) >= 11 is 1.43. The number of sulfonamides is 1. The van der Waals surface area contributed by atoms with E-state index in [2.05, 4.69) is 10.3 Å². The molecule has 0 radical (unpaired) electrons. The number of piperazine rings is 1. The molecular formula is C20H26N4O4S2. The molecule has 1 aliphatic heterocycles. The van der Waals surface area contributed by atoms with E-state index in [1.807, 2.05) is 13.8 Å². The molecule has 2 amide bonds. The first-order valence-electron chi connectivity index (χ1n) is 9.90. The van der Waals surface area contributed by atoms with Gasteiger partial charge in [-0.1, -0.05) is 25.1 Å². The topological polar surface area (TPSA) is 99.7 Å². The number of benzene rings is 1. The predicted octanol–water partition coefficient (Wildman–Crippen LogP) is 2.27. The van der Waals surface area contributed by atoms with Crippen LogP contribution in [-0.4, -0.2) is 60.6 Å². The minimum absolute atomic E-state index is 0.0709. The van der Waals surface area contributed by atoms with Gasteiger partial charge >= 0.3 is 0 Å². The largest absolute Gasteiger partial charge is 0.340 e. The second-order valence-electron chi connectivity index (χ2n) is 7.02. The van der Waals surface area contributed by atoms with Crippen LogP contribution in [0.25, 0.3) is 0 Å². The SMILES string of the molecule is CCc1nc(NC(=O)CCC(=O)N2CCN(S(=O)(=O)c3ccccc3)CC2)sc1C. The van der Waals surface area contributed by atoms with Gasteiger partial charge in [-0.05, 0) is 25.5 Å². The van der Waals surface area contributed by atoms with E-state index in [4.69, 9.17) is 0 Å². The number of nitrogens with zero attached hydrogens (tertiary/aromatic N) is 3. The molecular weight excluding hydrogens is 424 g/mol. The van der Waals surface area contributed by atoms with Crippen LogP contribution in [-0.2, 0) is 26.0 Å². The number of rotatable bonds is 7. The monoisotopic (exact) mass is 450 g/mol. The van der Waals surface area contributed by atoms with E-state index in [1.165, 1.54) is 15.6 Å². The Balaban J connectivity index is 1.46. The highest BCUT2D eigenvalue weighted by molar-refractivity contribution is 7.89. The average molecular weight is 451 g/mol. The summed E-state index contributed by atoms with van der Waals surface area (Å²) in [6.07, 6.45) is 0.965. The third-order valence-corrected chi connectivity index (χ3v) is 7.85. The maximum Gasteiger partial charge on any atom is 0.243 e. The van der Waals surface area contributed by atoms with Crippen molar-refractivity contribution in [3.8, 4) is 0 Å². The summed E-state index contributed by atoms with van der Waals surface area (Å²) in [4.78, 5) is 31.9. The minimum Gasteiger partial charge on any atom is -0.340 e. The van der Waals surface area contributed by atoms with Crippen molar-refractivity contribution < 1.29 is 18.0 Å². The molecule has 2 aromatic rings. The number of hydrogen-bond acceptors (Lipinski definition) is 6. The Labute approximate surface area is 181 Å². The van der Waals surface area contributed by atoms with E-state index in [0.717, 1.165) is 17.0 Å². The normalized spacial score (nSPS) is 15.2. The number of thiazole rings is 1. The number of amides is 2. The molecule has 1 saturated heterocycles. The van der Waals surface area contributed by atoms with Gasteiger partial charge in [0, 0.05) is 43.9 Å². The van der Waals surface area contributed by atoms with Crippen molar-refractivity contribution in [1.29, 1.82) is 0 Å². The highest BCUT2D eigenvalue weighted by Crippen LogP contribution is 2.22. The second kappa shape index (κ2) is 9.67. The lowest BCUT2D eigenvalue weighted by molar-refractivity contribution is -0.133. The van der Waals surface area contributed by atoms with E-state index in [-0.39, 0.29) is 42.6 Å². The summed E-state index contributed by atoms with van der Waals surface area (Å²) < 4.78 is 26.7. The van der Waals surface area contributed by atoms with Crippen LogP contribution in [0.2, 0.25) is 0 Å². The summed E-state index contributed by atoms with van der Waals surface area (Å²) in [6.45, 7) is 5.10. The van der Waals surface area contributed by atoms with Gasteiger partial charge in [0.15, 0.2) is 5.13 Å². The van der Waals surface area contributed by atoms with Crippen LogP contribution in [0.1, 0.15) is 30.3 Å². The third-order valence-electron chi connectivity index (χ3n) is 5.01. The summed E-state index contributed by atoms with van der Waals surface area (Å²) in [7, 11) is -3.55. The number of hydrogen-bond donors (Lipinski definition) is 1. The van der Waals surface area contributed by atoms with Crippen molar-refractivity contribution in [2.75, 3.05) is 31.5 Å². The van der Waals surface area contributed by atoms with Crippen LogP contribution in [0.4, 0.5) is 5.13 Å². The van der Waals surface area contributed by atoms with Crippen molar-refractivity contribution in [3.63, 3.8) is 0 Å². The van der Waals surface area contributed by atoms with Gasteiger partial charge in [0.1, 0.15) is 0 Å². The first-order chi connectivity index (χ1) is 14.3. The lowest BCUT2D eigenvalue weighted by Crippen LogP contribution is -2.50. The lowest BCUT2D eigenvalue weighted by Gasteiger charge is -2.34. The van der Waals surface area contributed by atoms with Gasteiger partial charge in [0.2, 0.25) is 21.8 Å². The van der Waals surface area contributed by atoms with Gasteiger partial charge < -0.3 is 10.2 Å². The molecule has 30 heavy (non-hydrogen) atoms. The third kappa shape index (κ3) is 5.24. The van der Waals surface area contributed by atoms with Gasteiger partial charge in [-0.3, -0.25) is 9.59 Å². The first kappa shape index (κ1) is 22.4. The second-order valence-corrected chi connectivity index (χ2v) is 10.2. The number of carbonyl (C=O) groups excluding carboxylic acids is 2. The molecule has 1 aromatic heterocycles. The molecule has 1 aliphatic rings. The fraction of sp³-hybridized carbons (Fsp3) is 0.450. The molecule has 1 aromatic carbocycles. The van der Waals surface area contributed by atoms with Gasteiger partial charge in [-0.15, -0.1) is 11.3 Å². The Bertz CT molecular complexity index is 997. The number of aryl methyl sites for hydroxylation is 2. The summed E-state index contributed by atoms with van der Waals surface area (Å²) in [6, 6.07) is 8.28. The quantitative estimate of drug-likeness (QED) is 0.698. The number of anilines is 1. The van der Waals surface area contributed by atoms with Gasteiger partial charge in [0.25, 0.3) is 0 Å². The Kier molecular flexibility index (Phi) is 7.22. The molecule has 1 N–H and O–H groups in total. The van der Waals surface area contributed by atoms with Crippen LogP contribution < -0.4 is 5.32 Å². The highest BCUT2D eigenvalue weighted by atomic mass is 32.2. The molecule has 162 valence electrons. The minimum atomic E-state index is -3.55. The van der Waals surface area contributed by atoms with E-state index >= 15 is 0 Å². The van der Waals surface area contributed by atoms with Gasteiger partial charge in [-0.2, -0.15) is 4.31 Å². The lowest BCUT2D eigenvalue weighted by atomic mass is 10.2. The van der Waals surface area contributed by atoms with Crippen LogP contribution in [0.15, 0.2) is 35.2 Å². The van der Waals surface area contributed by atoms with E-state index in [0.29, 0.717) is 18.2 Å². The molecule has 0 bridgehead atoms. The Morgan fingerprint density at radius 1 is 1.10 bits per heavy atom. The van der Waals surface area contributed by atoms with Crippen molar-refractivity contribution >= 4 is 38.3 Å². The number of nitrogens with one attached hydrogen (secondary N) is 1. The van der Waals surface area contributed by atoms with Crippen LogP contribution in [0.5, 0.6) is 0 Å². The summed E-state index contributed by atoms with van der Waals surface area (Å²) in [5.41, 5.74) is 0.967. The van der Waals surface area contributed by atoms with Crippen molar-refractivity contribution in [2.45, 2.75) is 38.0 Å².